The number of para-hydroxylation sites is 1. The zero-order valence-electron chi connectivity index (χ0n) is 27.7. The molecule has 0 aliphatic heterocycles. The van der Waals surface area contributed by atoms with E-state index in [1.54, 1.807) is 0 Å². The van der Waals surface area contributed by atoms with E-state index in [2.05, 4.69) is 193 Å². The first-order chi connectivity index (χ1) is 25.3. The van der Waals surface area contributed by atoms with Crippen LogP contribution in [0, 0.1) is 0 Å². The van der Waals surface area contributed by atoms with E-state index in [-0.39, 0.29) is 0 Å². The standard InChI is InChI=1S/C48H31NS2/c1-3-11-32(12-4-1)35-13-9-16-38(29-35)49(37-14-5-2-6-15-37)39-26-28-47-44(31-39)43-30-36(25-27-46(43)50-47)33-21-23-34(24-22-33)40-18-10-19-42-41-17-7-8-20-45(41)51-48(40)42/h1-31H. The third-order valence-electron chi connectivity index (χ3n) is 9.87. The molecule has 8 aromatic carbocycles. The SMILES string of the molecule is c1ccc(-c2cccc(N(c3ccccc3)c3ccc4sc5ccc(-c6ccc(-c7cccc8c7sc7ccccc78)cc6)cc5c4c3)c2)cc1. The van der Waals surface area contributed by atoms with Gasteiger partial charge in [0.1, 0.15) is 0 Å². The molecular weight excluding hydrogens is 655 g/mol. The number of benzene rings is 8. The molecule has 0 N–H and O–H groups in total. The molecule has 0 amide bonds. The van der Waals surface area contributed by atoms with Gasteiger partial charge < -0.3 is 4.90 Å². The van der Waals surface area contributed by atoms with Crippen molar-refractivity contribution in [2.45, 2.75) is 0 Å². The van der Waals surface area contributed by atoms with Gasteiger partial charge in [0.25, 0.3) is 0 Å². The number of hydrogen-bond donors (Lipinski definition) is 0. The van der Waals surface area contributed by atoms with E-state index in [1.807, 2.05) is 22.7 Å². The van der Waals surface area contributed by atoms with Crippen molar-refractivity contribution < 1.29 is 0 Å². The lowest BCUT2D eigenvalue weighted by Crippen LogP contribution is -2.09. The van der Waals surface area contributed by atoms with Gasteiger partial charge in [-0.05, 0) is 94.0 Å². The van der Waals surface area contributed by atoms with Crippen molar-refractivity contribution in [2.24, 2.45) is 0 Å². The minimum atomic E-state index is 1.13. The van der Waals surface area contributed by atoms with Crippen LogP contribution in [0.25, 0.3) is 73.7 Å². The molecule has 1 nitrogen and oxygen atoms in total. The number of hydrogen-bond acceptors (Lipinski definition) is 3. The lowest BCUT2D eigenvalue weighted by atomic mass is 9.98. The van der Waals surface area contributed by atoms with E-state index >= 15 is 0 Å². The normalized spacial score (nSPS) is 11.5. The van der Waals surface area contributed by atoms with Crippen LogP contribution >= 0.6 is 22.7 Å². The molecule has 10 rings (SSSR count). The van der Waals surface area contributed by atoms with Gasteiger partial charge in [-0.25, -0.2) is 0 Å². The van der Waals surface area contributed by atoms with E-state index in [0.29, 0.717) is 0 Å². The molecular formula is C48H31NS2. The Hall–Kier alpha value is -6.00. The van der Waals surface area contributed by atoms with Crippen molar-refractivity contribution in [1.29, 1.82) is 0 Å². The van der Waals surface area contributed by atoms with Gasteiger partial charge in [0.05, 0.1) is 0 Å². The van der Waals surface area contributed by atoms with Crippen LogP contribution in [0.15, 0.2) is 188 Å². The van der Waals surface area contributed by atoms with E-state index in [0.717, 1.165) is 17.1 Å². The summed E-state index contributed by atoms with van der Waals surface area (Å²) in [4.78, 5) is 2.37. The first-order valence-corrected chi connectivity index (χ1v) is 18.9. The predicted molar refractivity (Wildman–Crippen MR) is 223 cm³/mol. The molecule has 51 heavy (non-hydrogen) atoms. The zero-order valence-corrected chi connectivity index (χ0v) is 29.3. The molecule has 0 unspecified atom stereocenters. The highest BCUT2D eigenvalue weighted by atomic mass is 32.1. The summed E-state index contributed by atoms with van der Waals surface area (Å²) in [6.45, 7) is 0. The maximum atomic E-state index is 2.38. The third-order valence-corrected chi connectivity index (χ3v) is 12.2. The predicted octanol–water partition coefficient (Wildman–Crippen LogP) is 14.9. The summed E-state index contributed by atoms with van der Waals surface area (Å²) >= 11 is 3.75. The Morgan fingerprint density at radius 3 is 1.69 bits per heavy atom. The smallest absolute Gasteiger partial charge is 0.0468 e. The lowest BCUT2D eigenvalue weighted by Gasteiger charge is -2.26. The van der Waals surface area contributed by atoms with E-state index in [9.17, 15) is 0 Å². The average molecular weight is 686 g/mol. The fourth-order valence-electron chi connectivity index (χ4n) is 7.38. The highest BCUT2D eigenvalue weighted by Crippen LogP contribution is 2.43. The van der Waals surface area contributed by atoms with Crippen LogP contribution in [0.2, 0.25) is 0 Å². The number of nitrogens with zero attached hydrogens (tertiary/aromatic N) is 1. The van der Waals surface area contributed by atoms with Crippen molar-refractivity contribution in [2.75, 3.05) is 4.90 Å². The van der Waals surface area contributed by atoms with Gasteiger partial charge in [0, 0.05) is 57.4 Å². The second-order valence-electron chi connectivity index (χ2n) is 12.9. The van der Waals surface area contributed by atoms with Crippen LogP contribution in [-0.4, -0.2) is 0 Å². The van der Waals surface area contributed by atoms with Gasteiger partial charge in [-0.2, -0.15) is 0 Å². The Bertz CT molecular complexity index is 2850. The summed E-state index contributed by atoms with van der Waals surface area (Å²) in [7, 11) is 0. The summed E-state index contributed by atoms with van der Waals surface area (Å²) in [5, 5.41) is 5.24. The molecule has 0 aliphatic rings. The lowest BCUT2D eigenvalue weighted by molar-refractivity contribution is 1.29. The first kappa shape index (κ1) is 29.9. The minimum absolute atomic E-state index is 1.13. The molecule has 0 aliphatic carbocycles. The van der Waals surface area contributed by atoms with Gasteiger partial charge in [-0.15, -0.1) is 22.7 Å². The summed E-state index contributed by atoms with van der Waals surface area (Å²) in [6, 6.07) is 68.5. The summed E-state index contributed by atoms with van der Waals surface area (Å²) < 4.78 is 5.29. The van der Waals surface area contributed by atoms with E-state index < -0.39 is 0 Å². The van der Waals surface area contributed by atoms with Crippen LogP contribution in [0.1, 0.15) is 0 Å². The van der Waals surface area contributed by atoms with Gasteiger partial charge in [-0.3, -0.25) is 0 Å². The van der Waals surface area contributed by atoms with Crippen molar-refractivity contribution in [3.05, 3.63) is 188 Å². The Kier molecular flexibility index (Phi) is 7.26. The molecule has 0 fully saturated rings. The van der Waals surface area contributed by atoms with Crippen LogP contribution in [0.4, 0.5) is 17.1 Å². The van der Waals surface area contributed by atoms with E-state index in [1.165, 1.54) is 73.7 Å². The molecule has 2 heterocycles. The summed E-state index contributed by atoms with van der Waals surface area (Å²) in [5.74, 6) is 0. The monoisotopic (exact) mass is 685 g/mol. The van der Waals surface area contributed by atoms with Crippen molar-refractivity contribution in [3.63, 3.8) is 0 Å². The highest BCUT2D eigenvalue weighted by molar-refractivity contribution is 7.26. The number of fused-ring (bicyclic) bond motifs is 6. The summed E-state index contributed by atoms with van der Waals surface area (Å²) in [6.07, 6.45) is 0. The molecule has 10 aromatic rings. The Morgan fingerprint density at radius 2 is 0.843 bits per heavy atom. The second-order valence-corrected chi connectivity index (χ2v) is 15.1. The minimum Gasteiger partial charge on any atom is -0.310 e. The topological polar surface area (TPSA) is 3.24 Å². The Labute approximate surface area is 304 Å². The number of rotatable bonds is 6. The molecule has 240 valence electrons. The maximum Gasteiger partial charge on any atom is 0.0468 e. The fraction of sp³-hybridized carbons (Fsp3) is 0. The molecule has 3 heteroatoms. The third kappa shape index (κ3) is 5.30. The van der Waals surface area contributed by atoms with Crippen LogP contribution in [0.3, 0.4) is 0 Å². The number of thiophene rings is 2. The molecule has 2 aromatic heterocycles. The fourth-order valence-corrected chi connectivity index (χ4v) is 9.69. The van der Waals surface area contributed by atoms with Crippen molar-refractivity contribution >= 4 is 80.1 Å². The zero-order chi connectivity index (χ0) is 33.7. The Balaban J connectivity index is 1.04. The average Bonchev–Trinajstić information content (AvgIpc) is 3.77. The molecule has 0 radical (unpaired) electrons. The molecule has 0 atom stereocenters. The second kappa shape index (κ2) is 12.4. The first-order valence-electron chi connectivity index (χ1n) is 17.2. The van der Waals surface area contributed by atoms with Gasteiger partial charge in [0.15, 0.2) is 0 Å². The number of anilines is 3. The largest absolute Gasteiger partial charge is 0.310 e. The van der Waals surface area contributed by atoms with Gasteiger partial charge in [-0.1, -0.05) is 127 Å². The van der Waals surface area contributed by atoms with E-state index in [4.69, 9.17) is 0 Å². The molecule has 0 saturated carbocycles. The quantitative estimate of drug-likeness (QED) is 0.168. The Morgan fingerprint density at radius 1 is 0.294 bits per heavy atom. The van der Waals surface area contributed by atoms with Crippen molar-refractivity contribution in [1.82, 2.24) is 0 Å². The van der Waals surface area contributed by atoms with Crippen LogP contribution < -0.4 is 4.90 Å². The highest BCUT2D eigenvalue weighted by Gasteiger charge is 2.16. The molecule has 0 spiro atoms. The molecule has 0 bridgehead atoms. The van der Waals surface area contributed by atoms with Crippen LogP contribution in [-0.2, 0) is 0 Å². The summed E-state index contributed by atoms with van der Waals surface area (Å²) in [5.41, 5.74) is 10.8. The van der Waals surface area contributed by atoms with Gasteiger partial charge >= 0.3 is 0 Å². The maximum absolute atomic E-state index is 2.38. The molecule has 0 saturated heterocycles. The van der Waals surface area contributed by atoms with Crippen LogP contribution in [0.5, 0.6) is 0 Å². The van der Waals surface area contributed by atoms with Gasteiger partial charge in [0.2, 0.25) is 0 Å². The van der Waals surface area contributed by atoms with Crippen molar-refractivity contribution in [3.8, 4) is 33.4 Å².